The topological polar surface area (TPSA) is 57.6 Å². The number of carbonyl (C=O) groups excluding carboxylic acids is 2. The first-order chi connectivity index (χ1) is 7.93. The Balaban J connectivity index is 2.50. The molecule has 0 aliphatic carbocycles. The molecule has 1 N–H and O–H groups in total. The molecule has 2 rings (SSSR count). The highest BCUT2D eigenvalue weighted by molar-refractivity contribution is 6.22. The highest BCUT2D eigenvalue weighted by atomic mass is 16.3. The number of fused-ring (bicyclic) bond motifs is 1. The van der Waals surface area contributed by atoms with E-state index in [1.165, 1.54) is 4.90 Å². The van der Waals surface area contributed by atoms with Crippen LogP contribution in [0.2, 0.25) is 0 Å². The van der Waals surface area contributed by atoms with E-state index in [0.29, 0.717) is 17.7 Å². The summed E-state index contributed by atoms with van der Waals surface area (Å²) in [4.78, 5) is 25.3. The number of amides is 2. The Bertz CT molecular complexity index is 506. The van der Waals surface area contributed by atoms with Crippen molar-refractivity contribution < 1.29 is 14.7 Å². The van der Waals surface area contributed by atoms with Crippen LogP contribution in [-0.2, 0) is 0 Å². The van der Waals surface area contributed by atoms with E-state index in [-0.39, 0.29) is 29.0 Å². The van der Waals surface area contributed by atoms with Gasteiger partial charge < -0.3 is 5.11 Å². The second-order valence-electron chi connectivity index (χ2n) is 4.77. The van der Waals surface area contributed by atoms with Gasteiger partial charge in [0.1, 0.15) is 5.75 Å². The van der Waals surface area contributed by atoms with Crippen molar-refractivity contribution in [3.8, 4) is 5.75 Å². The zero-order valence-electron chi connectivity index (χ0n) is 10.2. The zero-order valence-corrected chi connectivity index (χ0v) is 10.2. The maximum atomic E-state index is 12.1. The molecular weight excluding hydrogens is 218 g/mol. The van der Waals surface area contributed by atoms with E-state index in [2.05, 4.69) is 0 Å². The Kier molecular flexibility index (Phi) is 2.65. The molecule has 17 heavy (non-hydrogen) atoms. The molecule has 0 saturated carbocycles. The lowest BCUT2D eigenvalue weighted by atomic mass is 10.1. The molecule has 90 valence electrons. The van der Waals surface area contributed by atoms with Crippen molar-refractivity contribution in [2.45, 2.75) is 20.8 Å². The summed E-state index contributed by atoms with van der Waals surface area (Å²) in [6.07, 6.45) is 0. The summed E-state index contributed by atoms with van der Waals surface area (Å²) in [5.41, 5.74) is 1.06. The average molecular weight is 233 g/mol. The van der Waals surface area contributed by atoms with Gasteiger partial charge in [-0.15, -0.1) is 0 Å². The molecule has 0 aromatic heterocycles. The molecule has 0 atom stereocenters. The van der Waals surface area contributed by atoms with Gasteiger partial charge in [0.15, 0.2) is 0 Å². The molecule has 0 unspecified atom stereocenters. The van der Waals surface area contributed by atoms with Crippen molar-refractivity contribution in [1.82, 2.24) is 4.90 Å². The van der Waals surface area contributed by atoms with Gasteiger partial charge in [-0.1, -0.05) is 19.9 Å². The predicted octanol–water partition coefficient (Wildman–Crippen LogP) is 1.95. The van der Waals surface area contributed by atoms with Gasteiger partial charge in [0.05, 0.1) is 11.1 Å². The molecule has 0 spiro atoms. The van der Waals surface area contributed by atoms with Crippen LogP contribution in [0.25, 0.3) is 0 Å². The predicted molar refractivity (Wildman–Crippen MR) is 63.0 cm³/mol. The van der Waals surface area contributed by atoms with E-state index in [0.717, 1.165) is 0 Å². The lowest BCUT2D eigenvalue weighted by molar-refractivity contribution is 0.0635. The molecule has 1 aliphatic rings. The largest absolute Gasteiger partial charge is 0.507 e. The standard InChI is InChI=1S/C13H15NO3/c1-7(2)6-14-12(16)9-5-4-8(3)11(15)10(9)13(14)17/h4-5,7,15H,6H2,1-3H3. The summed E-state index contributed by atoms with van der Waals surface area (Å²) in [7, 11) is 0. The number of rotatable bonds is 2. The van der Waals surface area contributed by atoms with Gasteiger partial charge in [-0.3, -0.25) is 14.5 Å². The molecule has 1 aromatic rings. The Morgan fingerprint density at radius 2 is 1.88 bits per heavy atom. The fraction of sp³-hybridized carbons (Fsp3) is 0.385. The SMILES string of the molecule is Cc1ccc2c(c1O)C(=O)N(CC(C)C)C2=O. The first-order valence-corrected chi connectivity index (χ1v) is 5.62. The number of carbonyl (C=O) groups is 2. The summed E-state index contributed by atoms with van der Waals surface area (Å²) in [6.45, 7) is 5.96. The molecule has 0 saturated heterocycles. The molecule has 1 heterocycles. The maximum Gasteiger partial charge on any atom is 0.265 e. The Labute approximate surface area is 99.9 Å². The fourth-order valence-corrected chi connectivity index (χ4v) is 1.99. The number of aryl methyl sites for hydroxylation is 1. The van der Waals surface area contributed by atoms with Crippen molar-refractivity contribution in [2.75, 3.05) is 6.54 Å². The summed E-state index contributed by atoms with van der Waals surface area (Å²) in [6, 6.07) is 3.25. The van der Waals surface area contributed by atoms with E-state index in [1.54, 1.807) is 19.1 Å². The monoisotopic (exact) mass is 233 g/mol. The van der Waals surface area contributed by atoms with Crippen molar-refractivity contribution in [3.05, 3.63) is 28.8 Å². The van der Waals surface area contributed by atoms with Gasteiger partial charge in [0.2, 0.25) is 0 Å². The summed E-state index contributed by atoms with van der Waals surface area (Å²) < 4.78 is 0. The van der Waals surface area contributed by atoms with Crippen molar-refractivity contribution in [1.29, 1.82) is 0 Å². The van der Waals surface area contributed by atoms with Crippen molar-refractivity contribution >= 4 is 11.8 Å². The number of phenols is 1. The third-order valence-corrected chi connectivity index (χ3v) is 2.86. The molecular formula is C13H15NO3. The second kappa shape index (κ2) is 3.87. The third-order valence-electron chi connectivity index (χ3n) is 2.86. The molecule has 1 aromatic carbocycles. The van der Waals surface area contributed by atoms with E-state index < -0.39 is 0 Å². The van der Waals surface area contributed by atoms with Crippen LogP contribution in [0.5, 0.6) is 5.75 Å². The Hall–Kier alpha value is -1.84. The zero-order chi connectivity index (χ0) is 12.7. The van der Waals surface area contributed by atoms with E-state index >= 15 is 0 Å². The van der Waals surface area contributed by atoms with Crippen LogP contribution in [0, 0.1) is 12.8 Å². The Morgan fingerprint density at radius 1 is 1.24 bits per heavy atom. The quantitative estimate of drug-likeness (QED) is 0.794. The average Bonchev–Trinajstić information content (AvgIpc) is 2.48. The highest BCUT2D eigenvalue weighted by Crippen LogP contribution is 2.32. The van der Waals surface area contributed by atoms with Gasteiger partial charge in [0, 0.05) is 6.54 Å². The van der Waals surface area contributed by atoms with E-state index in [4.69, 9.17) is 0 Å². The van der Waals surface area contributed by atoms with Crippen LogP contribution in [0.3, 0.4) is 0 Å². The fourth-order valence-electron chi connectivity index (χ4n) is 1.99. The van der Waals surface area contributed by atoms with Gasteiger partial charge in [-0.2, -0.15) is 0 Å². The van der Waals surface area contributed by atoms with Crippen LogP contribution in [0.4, 0.5) is 0 Å². The molecule has 0 radical (unpaired) electrons. The third kappa shape index (κ3) is 1.69. The van der Waals surface area contributed by atoms with Gasteiger partial charge in [-0.25, -0.2) is 0 Å². The van der Waals surface area contributed by atoms with Crippen LogP contribution >= 0.6 is 0 Å². The van der Waals surface area contributed by atoms with Gasteiger partial charge >= 0.3 is 0 Å². The van der Waals surface area contributed by atoms with E-state index in [9.17, 15) is 14.7 Å². The van der Waals surface area contributed by atoms with Gasteiger partial charge in [-0.05, 0) is 24.5 Å². The second-order valence-corrected chi connectivity index (χ2v) is 4.77. The minimum atomic E-state index is -0.389. The van der Waals surface area contributed by atoms with Crippen molar-refractivity contribution in [2.24, 2.45) is 5.92 Å². The molecule has 0 fully saturated rings. The van der Waals surface area contributed by atoms with Crippen LogP contribution in [0.1, 0.15) is 40.1 Å². The minimum absolute atomic E-state index is 0.0768. The summed E-state index contributed by atoms with van der Waals surface area (Å²) >= 11 is 0. The molecule has 4 nitrogen and oxygen atoms in total. The van der Waals surface area contributed by atoms with Crippen LogP contribution in [0.15, 0.2) is 12.1 Å². The number of phenolic OH excluding ortho intramolecular Hbond substituents is 1. The molecule has 1 aliphatic heterocycles. The van der Waals surface area contributed by atoms with Crippen LogP contribution in [-0.4, -0.2) is 28.4 Å². The first-order valence-electron chi connectivity index (χ1n) is 5.62. The number of hydrogen-bond acceptors (Lipinski definition) is 3. The number of aromatic hydroxyl groups is 1. The Morgan fingerprint density at radius 3 is 2.47 bits per heavy atom. The maximum absolute atomic E-state index is 12.1. The first kappa shape index (κ1) is 11.6. The normalized spacial score (nSPS) is 14.7. The minimum Gasteiger partial charge on any atom is -0.507 e. The number of hydrogen-bond donors (Lipinski definition) is 1. The van der Waals surface area contributed by atoms with Crippen LogP contribution < -0.4 is 0 Å². The van der Waals surface area contributed by atoms with Crippen molar-refractivity contribution in [3.63, 3.8) is 0 Å². The molecule has 2 amide bonds. The van der Waals surface area contributed by atoms with E-state index in [1.807, 2.05) is 13.8 Å². The molecule has 4 heteroatoms. The smallest absolute Gasteiger partial charge is 0.265 e. The van der Waals surface area contributed by atoms with Gasteiger partial charge in [0.25, 0.3) is 11.8 Å². The lowest BCUT2D eigenvalue weighted by Gasteiger charge is -2.15. The number of benzene rings is 1. The lowest BCUT2D eigenvalue weighted by Crippen LogP contribution is -2.33. The summed E-state index contributed by atoms with van der Waals surface area (Å²) in [5, 5.41) is 9.86. The molecule has 0 bridgehead atoms. The highest BCUT2D eigenvalue weighted by Gasteiger charge is 2.38. The summed E-state index contributed by atoms with van der Waals surface area (Å²) in [5.74, 6) is -0.568. The number of nitrogens with zero attached hydrogens (tertiary/aromatic N) is 1. The number of imide groups is 1.